The Bertz CT molecular complexity index is 1110. The van der Waals surface area contributed by atoms with Gasteiger partial charge in [0, 0.05) is 25.2 Å². The molecule has 5 heteroatoms. The van der Waals surface area contributed by atoms with Crippen molar-refractivity contribution in [1.29, 1.82) is 0 Å². The van der Waals surface area contributed by atoms with Crippen LogP contribution in [0.3, 0.4) is 0 Å². The van der Waals surface area contributed by atoms with Gasteiger partial charge in [0.25, 0.3) is 5.56 Å². The van der Waals surface area contributed by atoms with Crippen LogP contribution in [-0.4, -0.2) is 21.5 Å². The van der Waals surface area contributed by atoms with E-state index in [1.54, 1.807) is 17.7 Å². The summed E-state index contributed by atoms with van der Waals surface area (Å²) in [7, 11) is 1.73. The van der Waals surface area contributed by atoms with Gasteiger partial charge in [-0.25, -0.2) is 4.98 Å². The predicted molar refractivity (Wildman–Crippen MR) is 107 cm³/mol. The van der Waals surface area contributed by atoms with Crippen LogP contribution >= 0.6 is 0 Å². The lowest BCUT2D eigenvalue weighted by molar-refractivity contribution is -0.119. The van der Waals surface area contributed by atoms with Crippen molar-refractivity contribution in [3.8, 4) is 0 Å². The van der Waals surface area contributed by atoms with Crippen molar-refractivity contribution in [2.24, 2.45) is 7.05 Å². The molecule has 0 aliphatic carbocycles. The van der Waals surface area contributed by atoms with Gasteiger partial charge >= 0.3 is 0 Å². The van der Waals surface area contributed by atoms with Crippen LogP contribution in [-0.2, 0) is 18.3 Å². The molecule has 1 aliphatic rings. The lowest BCUT2D eigenvalue weighted by Crippen LogP contribution is -2.36. The number of carbonyl (C=O) groups is 1. The Balaban J connectivity index is 1.83. The normalized spacial score (nSPS) is 16.4. The topological polar surface area (TPSA) is 55.2 Å². The monoisotopic (exact) mass is 361 g/mol. The minimum atomic E-state index is -0.318. The molecule has 0 radical (unpaired) electrons. The number of amides is 1. The Labute approximate surface area is 158 Å². The van der Waals surface area contributed by atoms with E-state index in [1.165, 1.54) is 0 Å². The number of benzene rings is 2. The number of anilines is 1. The maximum atomic E-state index is 13.2. The minimum absolute atomic E-state index is 0.0769. The maximum absolute atomic E-state index is 13.2. The second kappa shape index (κ2) is 6.34. The van der Waals surface area contributed by atoms with Crippen LogP contribution in [0.25, 0.3) is 10.9 Å². The Morgan fingerprint density at radius 2 is 1.85 bits per heavy atom. The molecule has 4 rings (SSSR count). The van der Waals surface area contributed by atoms with Crippen LogP contribution in [0, 0.1) is 6.92 Å². The molecule has 1 aliphatic heterocycles. The van der Waals surface area contributed by atoms with Crippen LogP contribution in [0.2, 0.25) is 0 Å². The molecular formula is C22H23N3O2. The number of carbonyl (C=O) groups excluding carboxylic acids is 1. The average molecular weight is 361 g/mol. The summed E-state index contributed by atoms with van der Waals surface area (Å²) in [5, 5.41) is 0.599. The molecule has 2 aromatic carbocycles. The standard InChI is InChI=1S/C22H23N3O2/c1-13(2)25-19-10-9-14(3)11-16(19)17(22(25)27)12-20-23-18-8-6-5-7-15(18)21(26)24(20)4/h5-11,13,17H,12H2,1-4H3/t17-/m1/s1. The van der Waals surface area contributed by atoms with E-state index in [2.05, 4.69) is 6.07 Å². The fourth-order valence-corrected chi connectivity index (χ4v) is 3.95. The van der Waals surface area contributed by atoms with Gasteiger partial charge in [0.15, 0.2) is 0 Å². The van der Waals surface area contributed by atoms with E-state index in [0.29, 0.717) is 23.1 Å². The smallest absolute Gasteiger partial charge is 0.261 e. The number of hydrogen-bond acceptors (Lipinski definition) is 3. The first-order chi connectivity index (χ1) is 12.9. The largest absolute Gasteiger partial charge is 0.309 e. The number of hydrogen-bond donors (Lipinski definition) is 0. The van der Waals surface area contributed by atoms with Crippen molar-refractivity contribution in [3.63, 3.8) is 0 Å². The molecular weight excluding hydrogens is 338 g/mol. The molecule has 3 aromatic rings. The van der Waals surface area contributed by atoms with Crippen LogP contribution < -0.4 is 10.5 Å². The number of para-hydroxylation sites is 1. The second-order valence-electron chi connectivity index (χ2n) is 7.53. The second-order valence-corrected chi connectivity index (χ2v) is 7.53. The molecule has 5 nitrogen and oxygen atoms in total. The van der Waals surface area contributed by atoms with Crippen molar-refractivity contribution in [3.05, 3.63) is 69.8 Å². The Morgan fingerprint density at radius 1 is 1.11 bits per heavy atom. The van der Waals surface area contributed by atoms with Gasteiger partial charge in [-0.1, -0.05) is 29.8 Å². The van der Waals surface area contributed by atoms with Crippen molar-refractivity contribution < 1.29 is 4.79 Å². The van der Waals surface area contributed by atoms with Crippen molar-refractivity contribution in [2.75, 3.05) is 4.90 Å². The molecule has 27 heavy (non-hydrogen) atoms. The molecule has 0 N–H and O–H groups in total. The number of fused-ring (bicyclic) bond motifs is 2. The zero-order valence-electron chi connectivity index (χ0n) is 16.1. The third kappa shape index (κ3) is 2.74. The number of nitrogens with zero attached hydrogens (tertiary/aromatic N) is 3. The number of aromatic nitrogens is 2. The van der Waals surface area contributed by atoms with Gasteiger partial charge in [0.05, 0.1) is 16.8 Å². The quantitative estimate of drug-likeness (QED) is 0.719. The summed E-state index contributed by atoms with van der Waals surface area (Å²) in [6.07, 6.45) is 0.412. The zero-order valence-corrected chi connectivity index (χ0v) is 16.1. The molecule has 0 saturated heterocycles. The van der Waals surface area contributed by atoms with Crippen LogP contribution in [0.1, 0.15) is 36.7 Å². The first kappa shape index (κ1) is 17.5. The van der Waals surface area contributed by atoms with Crippen LogP contribution in [0.5, 0.6) is 0 Å². The first-order valence-corrected chi connectivity index (χ1v) is 9.26. The van der Waals surface area contributed by atoms with Gasteiger partial charge in [0.1, 0.15) is 5.82 Å². The van der Waals surface area contributed by atoms with Crippen molar-refractivity contribution in [2.45, 2.75) is 39.2 Å². The number of rotatable bonds is 3. The minimum Gasteiger partial charge on any atom is -0.309 e. The highest BCUT2D eigenvalue weighted by molar-refractivity contribution is 6.05. The number of aryl methyl sites for hydroxylation is 1. The third-order valence-electron chi connectivity index (χ3n) is 5.33. The van der Waals surface area contributed by atoms with E-state index in [0.717, 1.165) is 16.8 Å². The Hall–Kier alpha value is -2.95. The summed E-state index contributed by atoms with van der Waals surface area (Å²) in [4.78, 5) is 32.4. The van der Waals surface area contributed by atoms with E-state index in [1.807, 2.05) is 56.0 Å². The highest BCUT2D eigenvalue weighted by Crippen LogP contribution is 2.40. The summed E-state index contributed by atoms with van der Waals surface area (Å²) < 4.78 is 1.57. The van der Waals surface area contributed by atoms with E-state index in [-0.39, 0.29) is 23.4 Å². The molecule has 1 aromatic heterocycles. The van der Waals surface area contributed by atoms with Gasteiger partial charge < -0.3 is 4.90 Å². The van der Waals surface area contributed by atoms with E-state index >= 15 is 0 Å². The SMILES string of the molecule is Cc1ccc2c(c1)[C@@H](Cc1nc3ccccc3c(=O)n1C)C(=O)N2C(C)C. The Morgan fingerprint density at radius 3 is 2.59 bits per heavy atom. The molecule has 1 amide bonds. The van der Waals surface area contributed by atoms with E-state index in [9.17, 15) is 9.59 Å². The third-order valence-corrected chi connectivity index (χ3v) is 5.33. The van der Waals surface area contributed by atoms with Gasteiger partial charge in [0.2, 0.25) is 5.91 Å². The predicted octanol–water partition coefficient (Wildman–Crippen LogP) is 3.32. The summed E-state index contributed by atoms with van der Waals surface area (Å²) in [6.45, 7) is 6.08. The highest BCUT2D eigenvalue weighted by atomic mass is 16.2. The molecule has 1 atom stereocenters. The van der Waals surface area contributed by atoms with E-state index < -0.39 is 0 Å². The summed E-state index contributed by atoms with van der Waals surface area (Å²) in [6, 6.07) is 13.6. The van der Waals surface area contributed by atoms with Crippen LogP contribution in [0.15, 0.2) is 47.3 Å². The molecule has 0 fully saturated rings. The Kier molecular flexibility index (Phi) is 4.10. The van der Waals surface area contributed by atoms with Crippen LogP contribution in [0.4, 0.5) is 5.69 Å². The molecule has 0 unspecified atom stereocenters. The van der Waals surface area contributed by atoms with Gasteiger partial charge in [-0.3, -0.25) is 14.2 Å². The van der Waals surface area contributed by atoms with Crippen molar-refractivity contribution in [1.82, 2.24) is 9.55 Å². The van der Waals surface area contributed by atoms with E-state index in [4.69, 9.17) is 4.98 Å². The highest BCUT2D eigenvalue weighted by Gasteiger charge is 2.39. The first-order valence-electron chi connectivity index (χ1n) is 9.26. The van der Waals surface area contributed by atoms with Gasteiger partial charge in [-0.05, 0) is 44.5 Å². The fraction of sp³-hybridized carbons (Fsp3) is 0.318. The molecule has 0 saturated carbocycles. The fourth-order valence-electron chi connectivity index (χ4n) is 3.95. The summed E-state index contributed by atoms with van der Waals surface area (Å²) in [5.74, 6) is 0.393. The lowest BCUT2D eigenvalue weighted by atomic mass is 9.95. The molecule has 0 spiro atoms. The van der Waals surface area contributed by atoms with Crippen molar-refractivity contribution >= 4 is 22.5 Å². The summed E-state index contributed by atoms with van der Waals surface area (Å²) in [5.41, 5.74) is 3.71. The zero-order chi connectivity index (χ0) is 19.3. The molecule has 138 valence electrons. The lowest BCUT2D eigenvalue weighted by Gasteiger charge is -2.22. The maximum Gasteiger partial charge on any atom is 0.261 e. The van der Waals surface area contributed by atoms with Gasteiger partial charge in [-0.2, -0.15) is 0 Å². The summed E-state index contributed by atoms with van der Waals surface area (Å²) >= 11 is 0. The van der Waals surface area contributed by atoms with Gasteiger partial charge in [-0.15, -0.1) is 0 Å². The molecule has 0 bridgehead atoms. The molecule has 2 heterocycles. The average Bonchev–Trinajstić information content (AvgIpc) is 2.91.